The Kier molecular flexibility index (Phi) is 5.02. The van der Waals surface area contributed by atoms with E-state index in [0.717, 1.165) is 45.6 Å². The molecule has 4 heterocycles. The van der Waals surface area contributed by atoms with Gasteiger partial charge in [-0.25, -0.2) is 0 Å². The first-order chi connectivity index (χ1) is 11.3. The molecule has 0 aliphatic carbocycles. The number of hydrogen-bond acceptors (Lipinski definition) is 5. The lowest BCUT2D eigenvalue weighted by molar-refractivity contribution is 0.0285. The van der Waals surface area contributed by atoms with Crippen molar-refractivity contribution >= 4 is 11.3 Å². The van der Waals surface area contributed by atoms with E-state index in [1.807, 2.05) is 11.3 Å². The second-order valence-corrected chi connectivity index (χ2v) is 8.44. The number of thiophene rings is 1. The fourth-order valence-corrected chi connectivity index (χ4v) is 5.16. The molecule has 1 aromatic rings. The Morgan fingerprint density at radius 2 is 2.04 bits per heavy atom. The van der Waals surface area contributed by atoms with Crippen LogP contribution in [0.2, 0.25) is 0 Å². The molecule has 0 radical (unpaired) electrons. The number of hydrogen-bond donors (Lipinski definition) is 0. The van der Waals surface area contributed by atoms with Gasteiger partial charge in [-0.05, 0) is 37.3 Å². The molecule has 0 saturated carbocycles. The predicted molar refractivity (Wildman–Crippen MR) is 92.9 cm³/mol. The second kappa shape index (κ2) is 7.19. The number of nitrogens with zero attached hydrogens (tertiary/aromatic N) is 2. The van der Waals surface area contributed by atoms with Gasteiger partial charge in [0.15, 0.2) is 0 Å². The minimum atomic E-state index is 0.339. The summed E-state index contributed by atoms with van der Waals surface area (Å²) in [4.78, 5) is 6.81. The van der Waals surface area contributed by atoms with Gasteiger partial charge >= 0.3 is 0 Å². The molecule has 3 aliphatic rings. The zero-order chi connectivity index (χ0) is 15.5. The van der Waals surface area contributed by atoms with Crippen LogP contribution in [-0.2, 0) is 16.0 Å². The summed E-state index contributed by atoms with van der Waals surface area (Å²) in [7, 11) is 0. The van der Waals surface area contributed by atoms with Gasteiger partial charge in [-0.3, -0.25) is 9.80 Å². The molecule has 3 fully saturated rings. The Hall–Kier alpha value is -0.460. The van der Waals surface area contributed by atoms with Crippen molar-refractivity contribution in [1.29, 1.82) is 0 Å². The highest BCUT2D eigenvalue weighted by Crippen LogP contribution is 2.36. The van der Waals surface area contributed by atoms with Crippen molar-refractivity contribution in [2.75, 3.05) is 52.6 Å². The van der Waals surface area contributed by atoms with Crippen molar-refractivity contribution in [3.8, 4) is 0 Å². The molecule has 5 heteroatoms. The van der Waals surface area contributed by atoms with Crippen molar-refractivity contribution < 1.29 is 9.47 Å². The molecule has 1 aromatic heterocycles. The van der Waals surface area contributed by atoms with Crippen molar-refractivity contribution in [3.05, 3.63) is 22.4 Å². The van der Waals surface area contributed by atoms with E-state index in [9.17, 15) is 0 Å². The third kappa shape index (κ3) is 3.80. The van der Waals surface area contributed by atoms with E-state index in [2.05, 4.69) is 27.3 Å². The Morgan fingerprint density at radius 3 is 2.87 bits per heavy atom. The molecular formula is C18H28N2O2S. The maximum absolute atomic E-state index is 6.03. The van der Waals surface area contributed by atoms with Crippen molar-refractivity contribution in [3.63, 3.8) is 0 Å². The minimum Gasteiger partial charge on any atom is -0.381 e. The van der Waals surface area contributed by atoms with Gasteiger partial charge in [0.25, 0.3) is 0 Å². The Morgan fingerprint density at radius 1 is 1.13 bits per heavy atom. The van der Waals surface area contributed by atoms with Gasteiger partial charge in [0, 0.05) is 55.7 Å². The van der Waals surface area contributed by atoms with E-state index in [1.54, 1.807) is 0 Å². The van der Waals surface area contributed by atoms with Crippen molar-refractivity contribution in [2.24, 2.45) is 5.41 Å². The van der Waals surface area contributed by atoms with E-state index in [0.29, 0.717) is 5.41 Å². The van der Waals surface area contributed by atoms with Crippen LogP contribution in [0.3, 0.4) is 0 Å². The van der Waals surface area contributed by atoms with Crippen LogP contribution in [0.5, 0.6) is 0 Å². The summed E-state index contributed by atoms with van der Waals surface area (Å²) < 4.78 is 11.6. The van der Waals surface area contributed by atoms with Crippen LogP contribution in [0.1, 0.15) is 24.1 Å². The smallest absolute Gasteiger partial charge is 0.0593 e. The second-order valence-electron chi connectivity index (χ2n) is 7.41. The van der Waals surface area contributed by atoms with Gasteiger partial charge in [0.05, 0.1) is 13.2 Å². The van der Waals surface area contributed by atoms with Crippen molar-refractivity contribution in [1.82, 2.24) is 9.80 Å². The lowest BCUT2D eigenvalue weighted by Crippen LogP contribution is -2.43. The highest BCUT2D eigenvalue weighted by Gasteiger charge is 2.43. The molecule has 1 atom stereocenters. The average Bonchev–Trinajstić information content (AvgIpc) is 3.18. The topological polar surface area (TPSA) is 24.9 Å². The monoisotopic (exact) mass is 336 g/mol. The van der Waals surface area contributed by atoms with Crippen LogP contribution in [0.15, 0.2) is 17.5 Å². The lowest BCUT2D eigenvalue weighted by atomic mass is 9.87. The standard InChI is InChI=1S/C18H28N2O2S/c1-2-17(23-11-1)12-19-7-10-22-15-18(13-19)5-6-20(14-18)16-3-8-21-9-4-16/h1-2,11,16H,3-10,12-15H2/t18-/m0/s1. The zero-order valence-corrected chi connectivity index (χ0v) is 14.7. The maximum atomic E-state index is 6.03. The van der Waals surface area contributed by atoms with Gasteiger partial charge in [0.2, 0.25) is 0 Å². The summed E-state index contributed by atoms with van der Waals surface area (Å²) in [6, 6.07) is 5.15. The maximum Gasteiger partial charge on any atom is 0.0593 e. The largest absolute Gasteiger partial charge is 0.381 e. The van der Waals surface area contributed by atoms with Crippen LogP contribution in [0.25, 0.3) is 0 Å². The van der Waals surface area contributed by atoms with Crippen LogP contribution in [-0.4, -0.2) is 68.4 Å². The molecule has 0 N–H and O–H groups in total. The first-order valence-electron chi connectivity index (χ1n) is 8.97. The molecule has 0 bridgehead atoms. The average molecular weight is 337 g/mol. The summed E-state index contributed by atoms with van der Waals surface area (Å²) in [6.07, 6.45) is 3.69. The predicted octanol–water partition coefficient (Wildman–Crippen LogP) is 2.45. The summed E-state index contributed by atoms with van der Waals surface area (Å²) in [5, 5.41) is 2.18. The Balaban J connectivity index is 1.40. The SMILES string of the molecule is c1csc(CN2CCOC[C@@]3(CCN(C4CCOCC4)C3)C2)c1. The third-order valence-corrected chi connectivity index (χ3v) is 6.51. The molecule has 0 unspecified atom stereocenters. The quantitative estimate of drug-likeness (QED) is 0.846. The van der Waals surface area contributed by atoms with Crippen LogP contribution in [0.4, 0.5) is 0 Å². The molecule has 0 amide bonds. The van der Waals surface area contributed by atoms with E-state index in [4.69, 9.17) is 9.47 Å². The summed E-state index contributed by atoms with van der Waals surface area (Å²) >= 11 is 1.87. The summed E-state index contributed by atoms with van der Waals surface area (Å²) in [6.45, 7) is 9.48. The third-order valence-electron chi connectivity index (χ3n) is 5.65. The highest BCUT2D eigenvalue weighted by molar-refractivity contribution is 7.09. The Bertz CT molecular complexity index is 489. The molecule has 3 saturated heterocycles. The van der Waals surface area contributed by atoms with Gasteiger partial charge in [-0.2, -0.15) is 0 Å². The molecule has 128 valence electrons. The number of rotatable bonds is 3. The van der Waals surface area contributed by atoms with Crippen LogP contribution < -0.4 is 0 Å². The molecule has 1 spiro atoms. The van der Waals surface area contributed by atoms with Gasteiger partial charge in [-0.1, -0.05) is 6.07 Å². The van der Waals surface area contributed by atoms with Gasteiger partial charge in [0.1, 0.15) is 0 Å². The van der Waals surface area contributed by atoms with E-state index >= 15 is 0 Å². The first kappa shape index (κ1) is 16.0. The fourth-order valence-electron chi connectivity index (χ4n) is 4.42. The molecule has 0 aromatic carbocycles. The van der Waals surface area contributed by atoms with E-state index in [-0.39, 0.29) is 0 Å². The Labute approximate surface area is 143 Å². The number of likely N-dealkylation sites (tertiary alicyclic amines) is 1. The summed E-state index contributed by atoms with van der Waals surface area (Å²) in [5.41, 5.74) is 0.339. The van der Waals surface area contributed by atoms with Gasteiger partial charge < -0.3 is 9.47 Å². The zero-order valence-electron chi connectivity index (χ0n) is 13.9. The molecular weight excluding hydrogens is 308 g/mol. The lowest BCUT2D eigenvalue weighted by Gasteiger charge is -2.35. The molecule has 23 heavy (non-hydrogen) atoms. The van der Waals surface area contributed by atoms with Crippen LogP contribution in [0, 0.1) is 5.41 Å². The molecule has 3 aliphatic heterocycles. The highest BCUT2D eigenvalue weighted by atomic mass is 32.1. The first-order valence-corrected chi connectivity index (χ1v) is 9.85. The molecule has 4 nitrogen and oxygen atoms in total. The molecule has 4 rings (SSSR count). The fraction of sp³-hybridized carbons (Fsp3) is 0.778. The minimum absolute atomic E-state index is 0.339. The van der Waals surface area contributed by atoms with E-state index in [1.165, 1.54) is 43.8 Å². The normalized spacial score (nSPS) is 31.7. The van der Waals surface area contributed by atoms with Crippen LogP contribution >= 0.6 is 11.3 Å². The number of ether oxygens (including phenoxy) is 2. The van der Waals surface area contributed by atoms with Crippen molar-refractivity contribution in [2.45, 2.75) is 31.8 Å². The van der Waals surface area contributed by atoms with E-state index < -0.39 is 0 Å². The van der Waals surface area contributed by atoms with Gasteiger partial charge in [-0.15, -0.1) is 11.3 Å². The summed E-state index contributed by atoms with van der Waals surface area (Å²) in [5.74, 6) is 0.